The first kappa shape index (κ1) is 34.5. The summed E-state index contributed by atoms with van der Waals surface area (Å²) in [5.74, 6) is 0. The van der Waals surface area contributed by atoms with Gasteiger partial charge in [0.05, 0.1) is 40.1 Å². The molecule has 10 aromatic carbocycles. The molecule has 62 heavy (non-hydrogen) atoms. The van der Waals surface area contributed by atoms with Gasteiger partial charge in [-0.15, -0.1) is 0 Å². The summed E-state index contributed by atoms with van der Waals surface area (Å²) in [6.45, 7) is 0. The zero-order valence-electron chi connectivity index (χ0n) is 33.6. The zero-order valence-corrected chi connectivity index (χ0v) is 33.6. The lowest BCUT2D eigenvalue weighted by molar-refractivity contribution is 1.05. The summed E-state index contributed by atoms with van der Waals surface area (Å²) in [6, 6.07) is 75.2. The van der Waals surface area contributed by atoms with E-state index in [0.717, 1.165) is 44.4 Å². The Morgan fingerprint density at radius 2 is 0.903 bits per heavy atom. The van der Waals surface area contributed by atoms with Gasteiger partial charge >= 0.3 is 0 Å². The lowest BCUT2D eigenvalue weighted by Crippen LogP contribution is -1.97. The Morgan fingerprint density at radius 3 is 1.69 bits per heavy atom. The van der Waals surface area contributed by atoms with Gasteiger partial charge in [-0.1, -0.05) is 152 Å². The molecule has 4 nitrogen and oxygen atoms in total. The van der Waals surface area contributed by atoms with Crippen LogP contribution in [-0.2, 0) is 0 Å². The summed E-state index contributed by atoms with van der Waals surface area (Å²) in [6.07, 6.45) is 3.86. The maximum atomic E-state index is 4.49. The van der Waals surface area contributed by atoms with E-state index in [0.29, 0.717) is 0 Å². The average Bonchev–Trinajstić information content (AvgIpc) is 3.85. The van der Waals surface area contributed by atoms with Crippen LogP contribution in [-0.4, -0.2) is 19.3 Å². The Kier molecular flexibility index (Phi) is 7.57. The van der Waals surface area contributed by atoms with Gasteiger partial charge in [-0.3, -0.25) is 0 Å². The second-order valence-electron chi connectivity index (χ2n) is 16.2. The lowest BCUT2D eigenvalue weighted by Gasteiger charge is -2.17. The highest BCUT2D eigenvalue weighted by Crippen LogP contribution is 2.44. The van der Waals surface area contributed by atoms with Crippen LogP contribution in [0, 0.1) is 0 Å². The molecular formula is C58H36N4. The van der Waals surface area contributed by atoms with Crippen LogP contribution >= 0.6 is 0 Å². The van der Waals surface area contributed by atoms with Gasteiger partial charge in [0.25, 0.3) is 0 Å². The van der Waals surface area contributed by atoms with Gasteiger partial charge < -0.3 is 9.13 Å². The summed E-state index contributed by atoms with van der Waals surface area (Å²) in [5.41, 5.74) is 13.9. The molecule has 0 saturated carbocycles. The summed E-state index contributed by atoms with van der Waals surface area (Å²) in [7, 11) is 0. The van der Waals surface area contributed by atoms with E-state index < -0.39 is 0 Å². The topological polar surface area (TPSA) is 35.6 Å². The molecule has 0 bridgehead atoms. The molecule has 0 fully saturated rings. The highest BCUT2D eigenvalue weighted by Gasteiger charge is 2.21. The van der Waals surface area contributed by atoms with Crippen LogP contribution in [0.2, 0.25) is 0 Å². The molecule has 0 aliphatic rings. The molecule has 3 aromatic heterocycles. The number of aromatic nitrogens is 4. The molecule has 0 aliphatic carbocycles. The first-order chi connectivity index (χ1) is 30.8. The third-order valence-electron chi connectivity index (χ3n) is 12.9. The molecule has 0 spiro atoms. The minimum Gasteiger partial charge on any atom is -0.309 e. The number of para-hydroxylation sites is 2. The van der Waals surface area contributed by atoms with Crippen molar-refractivity contribution >= 4 is 75.9 Å². The molecule has 0 amide bonds. The molecule has 288 valence electrons. The van der Waals surface area contributed by atoms with E-state index in [9.17, 15) is 0 Å². The van der Waals surface area contributed by atoms with Crippen molar-refractivity contribution < 1.29 is 0 Å². The van der Waals surface area contributed by atoms with Crippen LogP contribution < -0.4 is 0 Å². The van der Waals surface area contributed by atoms with Crippen molar-refractivity contribution in [3.05, 3.63) is 219 Å². The Bertz CT molecular complexity index is 3920. The minimum atomic E-state index is 1.06. The van der Waals surface area contributed by atoms with Gasteiger partial charge in [0.2, 0.25) is 0 Å². The average molecular weight is 789 g/mol. The highest BCUT2D eigenvalue weighted by molar-refractivity contribution is 6.20. The Morgan fingerprint density at radius 1 is 0.290 bits per heavy atom. The van der Waals surface area contributed by atoms with Gasteiger partial charge in [0.15, 0.2) is 0 Å². The van der Waals surface area contributed by atoms with Crippen LogP contribution in [0.15, 0.2) is 219 Å². The van der Waals surface area contributed by atoms with E-state index in [4.69, 9.17) is 0 Å². The molecule has 0 radical (unpaired) electrons. The molecule has 0 aliphatic heterocycles. The van der Waals surface area contributed by atoms with Gasteiger partial charge in [-0.25, -0.2) is 0 Å². The lowest BCUT2D eigenvalue weighted by atomic mass is 9.92. The summed E-state index contributed by atoms with van der Waals surface area (Å²) in [4.78, 5) is 0. The van der Waals surface area contributed by atoms with E-state index in [1.807, 2.05) is 12.4 Å². The number of rotatable bonds is 5. The predicted molar refractivity (Wildman–Crippen MR) is 260 cm³/mol. The van der Waals surface area contributed by atoms with Crippen molar-refractivity contribution in [2.45, 2.75) is 0 Å². The SMILES string of the molecule is c1ccc(-c2cccc3c2c2cc4ccccc4cc2n3-c2cc(-c3ccc(-c4ccc5c6ccccc6n(-c6ccccc6)c5c4)c4cnncc34)cc3ccccc23)cc1. The third kappa shape index (κ3) is 5.20. The summed E-state index contributed by atoms with van der Waals surface area (Å²) < 4.78 is 4.87. The normalized spacial score (nSPS) is 11.9. The maximum Gasteiger partial charge on any atom is 0.0581 e. The molecule has 4 heteroatoms. The van der Waals surface area contributed by atoms with Crippen molar-refractivity contribution in [1.29, 1.82) is 0 Å². The Hall–Kier alpha value is -8.34. The quantitative estimate of drug-likeness (QED) is 0.174. The number of benzene rings is 10. The fourth-order valence-electron chi connectivity index (χ4n) is 10.1. The standard InChI is InChI=1S/C58H36N4/c1-3-14-37(15-4-1)47-23-13-25-54-58(47)50-31-38-16-7-8-17-39(38)32-57(50)62(54)55-34-42(30-40-18-9-10-21-46(40)55)45-29-28-44(51-35-59-60-36-52(45)51)41-26-27-49-48-22-11-12-24-53(48)61(56(49)33-41)43-19-5-2-6-20-43/h1-36H. The number of hydrogen-bond acceptors (Lipinski definition) is 2. The van der Waals surface area contributed by atoms with E-state index >= 15 is 0 Å². The van der Waals surface area contributed by atoms with Crippen LogP contribution in [0.1, 0.15) is 0 Å². The second-order valence-corrected chi connectivity index (χ2v) is 16.2. The zero-order chi connectivity index (χ0) is 40.7. The first-order valence-electron chi connectivity index (χ1n) is 21.1. The molecule has 3 heterocycles. The van der Waals surface area contributed by atoms with Gasteiger partial charge in [0.1, 0.15) is 0 Å². The largest absolute Gasteiger partial charge is 0.309 e. The number of hydrogen-bond donors (Lipinski definition) is 0. The molecule has 13 aromatic rings. The Balaban J connectivity index is 1.05. The van der Waals surface area contributed by atoms with Crippen molar-refractivity contribution in [3.63, 3.8) is 0 Å². The van der Waals surface area contributed by atoms with Crippen molar-refractivity contribution in [2.75, 3.05) is 0 Å². The third-order valence-corrected chi connectivity index (χ3v) is 12.9. The molecule has 0 N–H and O–H groups in total. The van der Waals surface area contributed by atoms with Crippen molar-refractivity contribution in [3.8, 4) is 44.8 Å². The van der Waals surface area contributed by atoms with Gasteiger partial charge in [-0.2, -0.15) is 10.2 Å². The monoisotopic (exact) mass is 788 g/mol. The van der Waals surface area contributed by atoms with Crippen LogP contribution in [0.4, 0.5) is 0 Å². The molecular weight excluding hydrogens is 753 g/mol. The molecule has 0 unspecified atom stereocenters. The fourth-order valence-corrected chi connectivity index (χ4v) is 10.1. The van der Waals surface area contributed by atoms with Crippen molar-refractivity contribution in [2.24, 2.45) is 0 Å². The number of fused-ring (bicyclic) bond motifs is 9. The predicted octanol–water partition coefficient (Wildman–Crippen LogP) is 15.1. The Labute approximate surface area is 357 Å². The maximum absolute atomic E-state index is 4.49. The summed E-state index contributed by atoms with van der Waals surface area (Å²) in [5, 5.41) is 20.8. The van der Waals surface area contributed by atoms with Crippen LogP contribution in [0.25, 0.3) is 121 Å². The fraction of sp³-hybridized carbons (Fsp3) is 0. The highest BCUT2D eigenvalue weighted by atomic mass is 15.1. The first-order valence-corrected chi connectivity index (χ1v) is 21.1. The van der Waals surface area contributed by atoms with Crippen LogP contribution in [0.5, 0.6) is 0 Å². The van der Waals surface area contributed by atoms with Gasteiger partial charge in [-0.05, 0) is 104 Å². The smallest absolute Gasteiger partial charge is 0.0581 e. The van der Waals surface area contributed by atoms with E-state index in [-0.39, 0.29) is 0 Å². The number of nitrogens with zero attached hydrogens (tertiary/aromatic N) is 4. The minimum absolute atomic E-state index is 1.06. The van der Waals surface area contributed by atoms with E-state index in [1.54, 1.807) is 0 Å². The van der Waals surface area contributed by atoms with E-state index in [2.05, 4.69) is 226 Å². The summed E-state index contributed by atoms with van der Waals surface area (Å²) >= 11 is 0. The van der Waals surface area contributed by atoms with Crippen LogP contribution in [0.3, 0.4) is 0 Å². The molecule has 13 rings (SSSR count). The van der Waals surface area contributed by atoms with E-state index in [1.165, 1.54) is 76.3 Å². The molecule has 0 atom stereocenters. The second kappa shape index (κ2) is 13.6. The van der Waals surface area contributed by atoms with Gasteiger partial charge in [0, 0.05) is 43.4 Å². The molecule has 0 saturated heterocycles. The van der Waals surface area contributed by atoms with Crippen molar-refractivity contribution in [1.82, 2.24) is 19.3 Å².